The van der Waals surface area contributed by atoms with Gasteiger partial charge in [0.2, 0.25) is 0 Å². The van der Waals surface area contributed by atoms with Crippen LogP contribution in [-0.2, 0) is 6.54 Å². The molecule has 2 aliphatic rings. The lowest BCUT2D eigenvalue weighted by atomic mass is 10.1. The van der Waals surface area contributed by atoms with Gasteiger partial charge in [0.25, 0.3) is 5.91 Å². The van der Waals surface area contributed by atoms with E-state index >= 15 is 0 Å². The number of hydrogen-bond acceptors (Lipinski definition) is 5. The van der Waals surface area contributed by atoms with Gasteiger partial charge in [0.15, 0.2) is 0 Å². The molecule has 1 aromatic rings. The van der Waals surface area contributed by atoms with E-state index in [0.29, 0.717) is 10.9 Å². The van der Waals surface area contributed by atoms with E-state index < -0.39 is 0 Å². The average molecular weight is 308 g/mol. The maximum Gasteiger partial charge on any atom is 0.275 e. The fourth-order valence-electron chi connectivity index (χ4n) is 3.55. The van der Waals surface area contributed by atoms with Gasteiger partial charge >= 0.3 is 0 Å². The summed E-state index contributed by atoms with van der Waals surface area (Å²) >= 11 is 1.53. The molecule has 0 bridgehead atoms. The van der Waals surface area contributed by atoms with Crippen LogP contribution in [0.25, 0.3) is 0 Å². The Labute approximate surface area is 130 Å². The monoisotopic (exact) mass is 308 g/mol. The number of amides is 1. The Balaban J connectivity index is 1.71. The lowest BCUT2D eigenvalue weighted by molar-refractivity contribution is 0.0540. The molecule has 3 N–H and O–H groups in total. The van der Waals surface area contributed by atoms with Crippen molar-refractivity contribution in [1.29, 1.82) is 0 Å². The second-order valence-electron chi connectivity index (χ2n) is 6.23. The first kappa shape index (κ1) is 15.0. The Morgan fingerprint density at radius 1 is 1.52 bits per heavy atom. The van der Waals surface area contributed by atoms with Crippen molar-refractivity contribution >= 4 is 17.2 Å². The van der Waals surface area contributed by atoms with E-state index in [0.717, 1.165) is 19.1 Å². The van der Waals surface area contributed by atoms with Crippen LogP contribution in [0, 0.1) is 6.92 Å². The van der Waals surface area contributed by atoms with E-state index in [1.165, 1.54) is 47.7 Å². The Kier molecular flexibility index (Phi) is 4.31. The molecule has 0 spiro atoms. The number of aryl methyl sites for hydroxylation is 1. The molecule has 2 atom stereocenters. The lowest BCUT2D eigenvalue weighted by Gasteiger charge is -2.42. The maximum atomic E-state index is 11.6. The zero-order chi connectivity index (χ0) is 15.0. The molecule has 116 valence electrons. The highest BCUT2D eigenvalue weighted by Crippen LogP contribution is 2.28. The average Bonchev–Trinajstić information content (AvgIpc) is 3.05. The van der Waals surface area contributed by atoms with Crippen molar-refractivity contribution in [3.8, 4) is 0 Å². The Bertz CT molecular complexity index is 530. The second kappa shape index (κ2) is 6.04. The first-order chi connectivity index (χ1) is 10.1. The molecule has 1 amide bonds. The molecule has 0 saturated carbocycles. The van der Waals surface area contributed by atoms with Gasteiger partial charge in [-0.3, -0.25) is 20.0 Å². The molecule has 3 rings (SSSR count). The number of hydrogen-bond donors (Lipinski definition) is 2. The molecule has 0 radical (unpaired) electrons. The van der Waals surface area contributed by atoms with Gasteiger partial charge in [-0.25, -0.2) is 5.84 Å². The smallest absolute Gasteiger partial charge is 0.275 e. The number of thiophene rings is 1. The van der Waals surface area contributed by atoms with Gasteiger partial charge in [-0.15, -0.1) is 11.3 Å². The van der Waals surface area contributed by atoms with Gasteiger partial charge in [-0.2, -0.15) is 0 Å². The molecule has 2 unspecified atom stereocenters. The Hall–Kier alpha value is -0.950. The molecule has 0 aliphatic carbocycles. The third-order valence-electron chi connectivity index (χ3n) is 4.82. The van der Waals surface area contributed by atoms with Crippen LogP contribution in [0.5, 0.6) is 0 Å². The number of nitrogens with two attached hydrogens (primary N) is 1. The fraction of sp³-hybridized carbons (Fsp3) is 0.667. The molecule has 6 heteroatoms. The zero-order valence-corrected chi connectivity index (χ0v) is 13.6. The SMILES string of the molecule is Cc1sc(C(=O)NN)cc1CN1CC2CCCN2CC1C. The summed E-state index contributed by atoms with van der Waals surface area (Å²) in [5, 5.41) is 0. The highest BCUT2D eigenvalue weighted by atomic mass is 32.1. The summed E-state index contributed by atoms with van der Waals surface area (Å²) < 4.78 is 0. The van der Waals surface area contributed by atoms with Crippen LogP contribution in [-0.4, -0.2) is 47.4 Å². The summed E-state index contributed by atoms with van der Waals surface area (Å²) in [7, 11) is 0. The van der Waals surface area contributed by atoms with Gasteiger partial charge in [0, 0.05) is 36.6 Å². The van der Waals surface area contributed by atoms with Gasteiger partial charge in [-0.05, 0) is 44.9 Å². The number of carbonyl (C=O) groups excluding carboxylic acids is 1. The van der Waals surface area contributed by atoms with Gasteiger partial charge in [-0.1, -0.05) is 0 Å². The summed E-state index contributed by atoms with van der Waals surface area (Å²) in [6, 6.07) is 3.30. The topological polar surface area (TPSA) is 61.6 Å². The molecule has 2 fully saturated rings. The largest absolute Gasteiger partial charge is 0.298 e. The maximum absolute atomic E-state index is 11.6. The van der Waals surface area contributed by atoms with E-state index in [9.17, 15) is 4.79 Å². The molecular weight excluding hydrogens is 284 g/mol. The predicted molar refractivity (Wildman–Crippen MR) is 85.2 cm³/mol. The number of hydrazine groups is 1. The molecule has 21 heavy (non-hydrogen) atoms. The van der Waals surface area contributed by atoms with E-state index in [2.05, 4.69) is 29.1 Å². The predicted octanol–water partition coefficient (Wildman–Crippen LogP) is 1.33. The summed E-state index contributed by atoms with van der Waals surface area (Å²) in [5.41, 5.74) is 3.48. The first-order valence-electron chi connectivity index (χ1n) is 7.67. The summed E-state index contributed by atoms with van der Waals surface area (Å²) in [5.74, 6) is 5.03. The zero-order valence-electron chi connectivity index (χ0n) is 12.8. The minimum Gasteiger partial charge on any atom is -0.298 e. The molecule has 3 heterocycles. The van der Waals surface area contributed by atoms with E-state index in [4.69, 9.17) is 5.84 Å². The van der Waals surface area contributed by atoms with E-state index in [-0.39, 0.29) is 5.91 Å². The van der Waals surface area contributed by atoms with Crippen molar-refractivity contribution in [2.45, 2.75) is 45.3 Å². The van der Waals surface area contributed by atoms with Crippen LogP contribution >= 0.6 is 11.3 Å². The lowest BCUT2D eigenvalue weighted by Crippen LogP contribution is -2.54. The number of nitrogen functional groups attached to an aromatic ring is 1. The number of nitrogens with one attached hydrogen (secondary N) is 1. The van der Waals surface area contributed by atoms with Crippen LogP contribution in [0.3, 0.4) is 0 Å². The minimum absolute atomic E-state index is 0.192. The van der Waals surface area contributed by atoms with Crippen molar-refractivity contribution < 1.29 is 4.79 Å². The molecule has 1 aromatic heterocycles. The number of carbonyl (C=O) groups is 1. The number of fused-ring (bicyclic) bond motifs is 1. The van der Waals surface area contributed by atoms with Crippen LogP contribution in [0.4, 0.5) is 0 Å². The molecular formula is C15H24N4OS. The Morgan fingerprint density at radius 3 is 3.10 bits per heavy atom. The highest BCUT2D eigenvalue weighted by Gasteiger charge is 2.34. The van der Waals surface area contributed by atoms with E-state index in [1.54, 1.807) is 0 Å². The number of nitrogens with zero attached hydrogens (tertiary/aromatic N) is 2. The number of piperazine rings is 1. The second-order valence-corrected chi connectivity index (χ2v) is 7.49. The van der Waals surface area contributed by atoms with Crippen LogP contribution < -0.4 is 11.3 Å². The first-order valence-corrected chi connectivity index (χ1v) is 8.48. The quantitative estimate of drug-likeness (QED) is 0.502. The van der Waals surface area contributed by atoms with Crippen LogP contribution in [0.2, 0.25) is 0 Å². The van der Waals surface area contributed by atoms with Crippen molar-refractivity contribution in [1.82, 2.24) is 15.2 Å². The molecule has 0 aromatic carbocycles. The van der Waals surface area contributed by atoms with Crippen LogP contribution in [0.15, 0.2) is 6.07 Å². The van der Waals surface area contributed by atoms with Crippen molar-refractivity contribution in [2.24, 2.45) is 5.84 Å². The van der Waals surface area contributed by atoms with Gasteiger partial charge in [0.05, 0.1) is 4.88 Å². The summed E-state index contributed by atoms with van der Waals surface area (Å²) in [4.78, 5) is 18.8. The normalized spacial score (nSPS) is 26.8. The van der Waals surface area contributed by atoms with Crippen molar-refractivity contribution in [2.75, 3.05) is 19.6 Å². The van der Waals surface area contributed by atoms with Crippen molar-refractivity contribution in [3.05, 3.63) is 21.4 Å². The number of rotatable bonds is 3. The third-order valence-corrected chi connectivity index (χ3v) is 5.91. The highest BCUT2D eigenvalue weighted by molar-refractivity contribution is 7.14. The van der Waals surface area contributed by atoms with Crippen LogP contribution in [0.1, 0.15) is 39.9 Å². The summed E-state index contributed by atoms with van der Waals surface area (Å²) in [6.45, 7) is 8.92. The molecule has 5 nitrogen and oxygen atoms in total. The standard InChI is InChI=1S/C15H24N4OS/c1-10-7-18-5-3-4-13(18)9-19(10)8-12-6-14(15(20)17-16)21-11(12)2/h6,10,13H,3-5,7-9,16H2,1-2H3,(H,17,20). The van der Waals surface area contributed by atoms with Gasteiger partial charge < -0.3 is 0 Å². The summed E-state index contributed by atoms with van der Waals surface area (Å²) in [6.07, 6.45) is 2.66. The van der Waals surface area contributed by atoms with E-state index in [1.807, 2.05) is 6.07 Å². The molecule has 2 saturated heterocycles. The Morgan fingerprint density at radius 2 is 2.33 bits per heavy atom. The fourth-order valence-corrected chi connectivity index (χ4v) is 4.48. The van der Waals surface area contributed by atoms with Gasteiger partial charge in [0.1, 0.15) is 0 Å². The minimum atomic E-state index is -0.192. The third kappa shape index (κ3) is 2.99. The molecule has 2 aliphatic heterocycles. The van der Waals surface area contributed by atoms with Crippen molar-refractivity contribution in [3.63, 3.8) is 0 Å².